The van der Waals surface area contributed by atoms with Gasteiger partial charge < -0.3 is 19.5 Å². The van der Waals surface area contributed by atoms with Crippen LogP contribution in [0.5, 0.6) is 11.5 Å². The third kappa shape index (κ3) is 4.60. The van der Waals surface area contributed by atoms with Crippen molar-refractivity contribution >= 4 is 17.6 Å². The van der Waals surface area contributed by atoms with Gasteiger partial charge in [-0.25, -0.2) is 4.79 Å². The molecule has 1 aromatic carbocycles. The van der Waals surface area contributed by atoms with Gasteiger partial charge in [0.05, 0.1) is 11.0 Å². The summed E-state index contributed by atoms with van der Waals surface area (Å²) in [4.78, 5) is 35.8. The highest BCUT2D eigenvalue weighted by atomic mass is 16.6. The lowest BCUT2D eigenvalue weighted by Crippen LogP contribution is -2.47. The Morgan fingerprint density at radius 3 is 2.52 bits per heavy atom. The fourth-order valence-electron chi connectivity index (χ4n) is 3.76. The van der Waals surface area contributed by atoms with Gasteiger partial charge in [-0.3, -0.25) is 14.9 Å². The van der Waals surface area contributed by atoms with E-state index in [2.05, 4.69) is 19.2 Å². The number of rotatable bonds is 5. The molecule has 1 amide bonds. The predicted molar refractivity (Wildman–Crippen MR) is 103 cm³/mol. The van der Waals surface area contributed by atoms with Crippen LogP contribution in [0.1, 0.15) is 50.4 Å². The van der Waals surface area contributed by atoms with Gasteiger partial charge in [0.1, 0.15) is 18.8 Å². The molecule has 1 aromatic rings. The first-order valence-electron chi connectivity index (χ1n) is 9.87. The number of nitrogens with one attached hydrogen (secondary N) is 1. The van der Waals surface area contributed by atoms with Gasteiger partial charge in [-0.1, -0.05) is 26.7 Å². The van der Waals surface area contributed by atoms with E-state index in [1.54, 1.807) is 0 Å². The molecule has 2 aliphatic rings. The first-order valence-corrected chi connectivity index (χ1v) is 9.87. The first kappa shape index (κ1) is 20.9. The maximum Gasteiger partial charge on any atom is 0.346 e. The van der Waals surface area contributed by atoms with E-state index in [4.69, 9.17) is 14.2 Å². The summed E-state index contributed by atoms with van der Waals surface area (Å²) >= 11 is 0. The van der Waals surface area contributed by atoms with Crippen molar-refractivity contribution in [3.05, 3.63) is 27.8 Å². The summed E-state index contributed by atoms with van der Waals surface area (Å²) in [5, 5.41) is 14.3. The summed E-state index contributed by atoms with van der Waals surface area (Å²) in [5.74, 6) is -0.103. The van der Waals surface area contributed by atoms with Crippen molar-refractivity contribution in [2.45, 2.75) is 52.2 Å². The van der Waals surface area contributed by atoms with Crippen LogP contribution in [-0.2, 0) is 9.53 Å². The minimum Gasteiger partial charge on any atom is -0.486 e. The topological polar surface area (TPSA) is 117 Å². The Balaban J connectivity index is 1.70. The number of esters is 1. The number of ether oxygens (including phenoxy) is 3. The molecular weight excluding hydrogens is 380 g/mol. The molecule has 1 aliphatic carbocycles. The lowest BCUT2D eigenvalue weighted by atomic mass is 9.78. The molecule has 158 valence electrons. The molecule has 4 atom stereocenters. The van der Waals surface area contributed by atoms with Crippen molar-refractivity contribution in [3.8, 4) is 11.5 Å². The minimum absolute atomic E-state index is 0.0241. The molecule has 0 radical (unpaired) electrons. The predicted octanol–water partition coefficient (Wildman–Crippen LogP) is 2.85. The lowest BCUT2D eigenvalue weighted by molar-refractivity contribution is -0.385. The molecule has 1 heterocycles. The van der Waals surface area contributed by atoms with Crippen LogP contribution < -0.4 is 14.8 Å². The van der Waals surface area contributed by atoms with Crippen LogP contribution in [0.2, 0.25) is 0 Å². The molecule has 1 saturated carbocycles. The number of amides is 1. The van der Waals surface area contributed by atoms with Crippen LogP contribution in [0.25, 0.3) is 0 Å². The van der Waals surface area contributed by atoms with Gasteiger partial charge in [-0.2, -0.15) is 0 Å². The van der Waals surface area contributed by atoms with Gasteiger partial charge >= 0.3 is 5.97 Å². The van der Waals surface area contributed by atoms with Crippen LogP contribution in [0.15, 0.2) is 12.1 Å². The molecule has 9 heteroatoms. The summed E-state index contributed by atoms with van der Waals surface area (Å²) in [5.41, 5.74) is -0.736. The van der Waals surface area contributed by atoms with Crippen LogP contribution in [0.3, 0.4) is 0 Å². The van der Waals surface area contributed by atoms with Crippen molar-refractivity contribution in [2.24, 2.45) is 11.8 Å². The van der Waals surface area contributed by atoms with E-state index < -0.39 is 28.6 Å². The third-order valence-corrected chi connectivity index (χ3v) is 5.76. The Morgan fingerprint density at radius 1 is 1.21 bits per heavy atom. The average molecular weight is 406 g/mol. The summed E-state index contributed by atoms with van der Waals surface area (Å²) in [6, 6.07) is 2.39. The summed E-state index contributed by atoms with van der Waals surface area (Å²) in [7, 11) is 0. The maximum absolute atomic E-state index is 12.6. The highest BCUT2D eigenvalue weighted by Crippen LogP contribution is 2.37. The first-order chi connectivity index (χ1) is 13.8. The summed E-state index contributed by atoms with van der Waals surface area (Å²) < 4.78 is 15.9. The number of hydrogen-bond donors (Lipinski definition) is 1. The smallest absolute Gasteiger partial charge is 0.346 e. The van der Waals surface area contributed by atoms with Crippen molar-refractivity contribution < 1.29 is 28.7 Å². The molecule has 0 spiro atoms. The van der Waals surface area contributed by atoms with E-state index in [9.17, 15) is 19.7 Å². The van der Waals surface area contributed by atoms with Gasteiger partial charge in [0, 0.05) is 12.1 Å². The molecular formula is C20H26N2O7. The molecule has 0 saturated heterocycles. The maximum atomic E-state index is 12.6. The zero-order valence-corrected chi connectivity index (χ0v) is 16.8. The standard InChI is InChI=1S/C20H26N2O7/c1-11-5-4-6-15(12(11)2)21-19(23)13(3)29-20(24)14-9-17-18(28-8-7-27-17)10-16(14)22(25)26/h9-13,15H,4-8H2,1-3H3,(H,21,23)/t11-,12+,13+,15-/m0/s1. The SMILES string of the molecule is C[C@H]1[C@@H](NC(=O)[C@@H](C)OC(=O)c2cc3c(cc2[N+](=O)[O-])OCCO3)CCC[C@@H]1C. The zero-order chi connectivity index (χ0) is 21.1. The highest BCUT2D eigenvalue weighted by molar-refractivity contribution is 5.96. The van der Waals surface area contributed by atoms with Crippen LogP contribution >= 0.6 is 0 Å². The van der Waals surface area contributed by atoms with Crippen LogP contribution in [0.4, 0.5) is 5.69 Å². The van der Waals surface area contributed by atoms with E-state index in [0.717, 1.165) is 25.3 Å². The van der Waals surface area contributed by atoms with E-state index in [-0.39, 0.29) is 36.3 Å². The molecule has 0 bridgehead atoms. The second-order valence-electron chi connectivity index (χ2n) is 7.70. The molecule has 29 heavy (non-hydrogen) atoms. The van der Waals surface area contributed by atoms with E-state index in [0.29, 0.717) is 11.8 Å². The average Bonchev–Trinajstić information content (AvgIpc) is 2.70. The molecule has 3 rings (SSSR count). The number of nitro groups is 1. The van der Waals surface area contributed by atoms with Crippen molar-refractivity contribution in [2.75, 3.05) is 13.2 Å². The van der Waals surface area contributed by atoms with Gasteiger partial charge in [0.2, 0.25) is 0 Å². The Bertz CT molecular complexity index is 810. The Kier molecular flexibility index (Phi) is 6.24. The summed E-state index contributed by atoms with van der Waals surface area (Å²) in [6.45, 7) is 6.25. The van der Waals surface area contributed by atoms with Crippen LogP contribution in [0, 0.1) is 22.0 Å². The van der Waals surface area contributed by atoms with E-state index >= 15 is 0 Å². The normalized spacial score (nSPS) is 24.3. The summed E-state index contributed by atoms with van der Waals surface area (Å²) in [6.07, 6.45) is 1.96. The number of nitro benzene ring substituents is 1. The number of carbonyl (C=O) groups is 2. The largest absolute Gasteiger partial charge is 0.486 e. The van der Waals surface area contributed by atoms with Crippen molar-refractivity contribution in [1.29, 1.82) is 0 Å². The number of hydrogen-bond acceptors (Lipinski definition) is 7. The molecule has 9 nitrogen and oxygen atoms in total. The fraction of sp³-hybridized carbons (Fsp3) is 0.600. The quantitative estimate of drug-likeness (QED) is 0.454. The van der Waals surface area contributed by atoms with Crippen molar-refractivity contribution in [3.63, 3.8) is 0 Å². The van der Waals surface area contributed by atoms with E-state index in [1.165, 1.54) is 13.0 Å². The lowest BCUT2D eigenvalue weighted by Gasteiger charge is -2.35. The number of fused-ring (bicyclic) bond motifs is 1. The molecule has 1 N–H and O–H groups in total. The Hall–Kier alpha value is -2.84. The Morgan fingerprint density at radius 2 is 1.86 bits per heavy atom. The highest BCUT2D eigenvalue weighted by Gasteiger charge is 2.32. The van der Waals surface area contributed by atoms with Gasteiger partial charge in [0.25, 0.3) is 11.6 Å². The molecule has 0 unspecified atom stereocenters. The number of benzene rings is 1. The second kappa shape index (κ2) is 8.67. The third-order valence-electron chi connectivity index (χ3n) is 5.76. The molecule has 1 fully saturated rings. The van der Waals surface area contributed by atoms with Crippen molar-refractivity contribution in [1.82, 2.24) is 5.32 Å². The van der Waals surface area contributed by atoms with Gasteiger partial charge in [-0.05, 0) is 25.2 Å². The Labute approximate surface area is 168 Å². The fourth-order valence-corrected chi connectivity index (χ4v) is 3.76. The second-order valence-corrected chi connectivity index (χ2v) is 7.70. The zero-order valence-electron chi connectivity index (χ0n) is 16.8. The molecule has 0 aromatic heterocycles. The molecule has 1 aliphatic heterocycles. The van der Waals surface area contributed by atoms with E-state index in [1.807, 2.05) is 0 Å². The minimum atomic E-state index is -1.08. The van der Waals surface area contributed by atoms with Gasteiger partial charge in [0.15, 0.2) is 17.6 Å². The monoisotopic (exact) mass is 406 g/mol. The number of carbonyl (C=O) groups excluding carboxylic acids is 2. The van der Waals surface area contributed by atoms with Gasteiger partial charge in [-0.15, -0.1) is 0 Å². The number of nitrogens with zero attached hydrogens (tertiary/aromatic N) is 1. The van der Waals surface area contributed by atoms with Crippen LogP contribution in [-0.4, -0.2) is 42.2 Å².